The lowest BCUT2D eigenvalue weighted by Gasteiger charge is -2.35. The van der Waals surface area contributed by atoms with E-state index < -0.39 is 0 Å². The number of rotatable bonds is 2. The van der Waals surface area contributed by atoms with Crippen molar-refractivity contribution in [2.45, 2.75) is 47.1 Å². The Morgan fingerprint density at radius 3 is 2.64 bits per heavy atom. The van der Waals surface area contributed by atoms with Crippen LogP contribution >= 0.6 is 0 Å². The van der Waals surface area contributed by atoms with Crippen LogP contribution in [0.3, 0.4) is 0 Å². The number of carbonyl (C=O) groups excluding carboxylic acids is 1. The highest BCUT2D eigenvalue weighted by Gasteiger charge is 2.31. The van der Waals surface area contributed by atoms with Gasteiger partial charge >= 0.3 is 0 Å². The molecule has 1 fully saturated rings. The van der Waals surface area contributed by atoms with Gasteiger partial charge in [-0.25, -0.2) is 4.39 Å². The highest BCUT2D eigenvalue weighted by Crippen LogP contribution is 2.31. The summed E-state index contributed by atoms with van der Waals surface area (Å²) in [7, 11) is 0. The maximum Gasteiger partial charge on any atom is 0.227 e. The number of carbonyl (C=O) groups is 1. The molecule has 150 valence electrons. The summed E-state index contributed by atoms with van der Waals surface area (Å²) in [5.41, 5.74) is 2.49. The topological polar surface area (TPSA) is 53.9 Å². The van der Waals surface area contributed by atoms with Gasteiger partial charge in [-0.3, -0.25) is 9.48 Å². The van der Waals surface area contributed by atoms with Gasteiger partial charge in [-0.05, 0) is 31.0 Å². The number of H-pyrrole nitrogens is 1. The Morgan fingerprint density at radius 1 is 1.25 bits per heavy atom. The normalized spacial score (nSPS) is 15.6. The van der Waals surface area contributed by atoms with Crippen molar-refractivity contribution in [3.8, 4) is 11.1 Å². The van der Waals surface area contributed by atoms with E-state index in [1.54, 1.807) is 6.07 Å². The third-order valence-corrected chi connectivity index (χ3v) is 5.32. The fraction of sp³-hybridized carbons (Fsp3) is 0.455. The second kappa shape index (κ2) is 7.41. The molecule has 2 aromatic heterocycles. The van der Waals surface area contributed by atoms with E-state index in [0.29, 0.717) is 6.04 Å². The number of halogens is 1. The molecule has 1 amide bonds. The Morgan fingerprint density at radius 2 is 1.96 bits per heavy atom. The van der Waals surface area contributed by atoms with Crippen LogP contribution in [0.1, 0.15) is 47.1 Å². The molecule has 0 radical (unpaired) electrons. The number of amides is 1. The first-order valence-electron chi connectivity index (χ1n) is 9.43. The van der Waals surface area contributed by atoms with Crippen LogP contribution < -0.4 is 0 Å². The van der Waals surface area contributed by atoms with Crippen molar-refractivity contribution in [3.05, 3.63) is 42.6 Å². The summed E-state index contributed by atoms with van der Waals surface area (Å²) < 4.78 is 15.4. The van der Waals surface area contributed by atoms with Crippen LogP contribution in [0, 0.1) is 11.2 Å². The highest BCUT2D eigenvalue weighted by atomic mass is 19.1. The van der Waals surface area contributed by atoms with Gasteiger partial charge < -0.3 is 9.88 Å². The van der Waals surface area contributed by atoms with E-state index in [0.717, 1.165) is 48.0 Å². The Bertz CT molecular complexity index is 974. The molecule has 0 unspecified atom stereocenters. The van der Waals surface area contributed by atoms with Crippen LogP contribution in [0.15, 0.2) is 36.8 Å². The summed E-state index contributed by atoms with van der Waals surface area (Å²) in [6.07, 6.45) is 7.62. The minimum absolute atomic E-state index is 0. The van der Waals surface area contributed by atoms with E-state index in [1.807, 2.05) is 42.7 Å². The molecule has 1 aliphatic rings. The van der Waals surface area contributed by atoms with Crippen LogP contribution in [0.2, 0.25) is 0 Å². The van der Waals surface area contributed by atoms with E-state index in [4.69, 9.17) is 0 Å². The standard InChI is InChI=1S/C21H25FN4O.CH4/c1-21(2,3)20(27)25-8-6-16(7-9-25)26-13-14(11-24-26)18-12-23-19-10-15(22)4-5-17(18)19;/h4-5,10-13,16,23H,6-9H2,1-3H3;1H4. The van der Waals surface area contributed by atoms with Crippen molar-refractivity contribution in [2.24, 2.45) is 5.41 Å². The van der Waals surface area contributed by atoms with Crippen molar-refractivity contribution in [1.82, 2.24) is 19.7 Å². The zero-order valence-electron chi connectivity index (χ0n) is 16.0. The Kier molecular flexibility index (Phi) is 5.33. The van der Waals surface area contributed by atoms with Crippen molar-refractivity contribution in [2.75, 3.05) is 13.1 Å². The second-order valence-electron chi connectivity index (χ2n) is 8.37. The van der Waals surface area contributed by atoms with Gasteiger partial charge in [0, 0.05) is 52.9 Å². The summed E-state index contributed by atoms with van der Waals surface area (Å²) in [6, 6.07) is 5.08. The molecule has 1 aliphatic heterocycles. The number of piperidine rings is 1. The molecular weight excluding hydrogens is 355 g/mol. The second-order valence-corrected chi connectivity index (χ2v) is 8.37. The molecule has 0 bridgehead atoms. The molecule has 1 saturated heterocycles. The van der Waals surface area contributed by atoms with Crippen molar-refractivity contribution in [1.29, 1.82) is 0 Å². The summed E-state index contributed by atoms with van der Waals surface area (Å²) in [4.78, 5) is 17.5. The summed E-state index contributed by atoms with van der Waals surface area (Å²) in [5, 5.41) is 5.55. The van der Waals surface area contributed by atoms with Gasteiger partial charge in [0.25, 0.3) is 0 Å². The molecule has 3 heterocycles. The number of benzene rings is 1. The smallest absolute Gasteiger partial charge is 0.227 e. The summed E-state index contributed by atoms with van der Waals surface area (Å²) >= 11 is 0. The van der Waals surface area contributed by atoms with Gasteiger partial charge in [-0.1, -0.05) is 28.2 Å². The molecule has 0 atom stereocenters. The van der Waals surface area contributed by atoms with Crippen molar-refractivity contribution < 1.29 is 9.18 Å². The number of likely N-dealkylation sites (tertiary alicyclic amines) is 1. The number of fused-ring (bicyclic) bond motifs is 1. The third-order valence-electron chi connectivity index (χ3n) is 5.32. The van der Waals surface area contributed by atoms with Crippen LogP contribution in [0.5, 0.6) is 0 Å². The van der Waals surface area contributed by atoms with Crippen LogP contribution in [-0.2, 0) is 4.79 Å². The lowest BCUT2D eigenvalue weighted by molar-refractivity contribution is -0.140. The van der Waals surface area contributed by atoms with Crippen molar-refractivity contribution >= 4 is 16.8 Å². The minimum Gasteiger partial charge on any atom is -0.360 e. The molecule has 4 rings (SSSR count). The van der Waals surface area contributed by atoms with Crippen LogP contribution in [-0.4, -0.2) is 38.7 Å². The summed E-state index contributed by atoms with van der Waals surface area (Å²) in [6.45, 7) is 7.43. The Balaban J connectivity index is 0.00000225. The SMILES string of the molecule is C.CC(C)(C)C(=O)N1CCC(n2cc(-c3c[nH]c4cc(F)ccc34)cn2)CC1. The van der Waals surface area contributed by atoms with E-state index in [2.05, 4.69) is 16.3 Å². The molecule has 5 nitrogen and oxygen atoms in total. The molecule has 6 heteroatoms. The molecule has 1 N–H and O–H groups in total. The molecule has 1 aromatic carbocycles. The maximum absolute atomic E-state index is 13.4. The molecular formula is C22H29FN4O. The van der Waals surface area contributed by atoms with Crippen molar-refractivity contribution in [3.63, 3.8) is 0 Å². The fourth-order valence-electron chi connectivity index (χ4n) is 3.82. The predicted octanol–water partition coefficient (Wildman–Crippen LogP) is 5.02. The number of nitrogens with zero attached hydrogens (tertiary/aromatic N) is 3. The third kappa shape index (κ3) is 3.68. The monoisotopic (exact) mass is 384 g/mol. The Hall–Kier alpha value is -2.63. The largest absolute Gasteiger partial charge is 0.360 e. The van der Waals surface area contributed by atoms with Gasteiger partial charge in [0.1, 0.15) is 5.82 Å². The van der Waals surface area contributed by atoms with Gasteiger partial charge in [-0.15, -0.1) is 0 Å². The van der Waals surface area contributed by atoms with Gasteiger partial charge in [0.05, 0.1) is 12.2 Å². The zero-order valence-corrected chi connectivity index (χ0v) is 16.0. The van der Waals surface area contributed by atoms with Gasteiger partial charge in [0.2, 0.25) is 5.91 Å². The van der Waals surface area contributed by atoms with Gasteiger partial charge in [-0.2, -0.15) is 5.10 Å². The lowest BCUT2D eigenvalue weighted by atomic mass is 9.93. The molecule has 0 aliphatic carbocycles. The van der Waals surface area contributed by atoms with Crippen LogP contribution in [0.4, 0.5) is 4.39 Å². The first-order valence-corrected chi connectivity index (χ1v) is 9.43. The fourth-order valence-corrected chi connectivity index (χ4v) is 3.82. The highest BCUT2D eigenvalue weighted by molar-refractivity contribution is 5.95. The number of hydrogen-bond donors (Lipinski definition) is 1. The number of aromatic amines is 1. The van der Waals surface area contributed by atoms with E-state index >= 15 is 0 Å². The molecule has 0 saturated carbocycles. The number of aromatic nitrogens is 3. The molecule has 28 heavy (non-hydrogen) atoms. The lowest BCUT2D eigenvalue weighted by Crippen LogP contribution is -2.44. The first-order chi connectivity index (χ1) is 12.8. The molecule has 3 aromatic rings. The minimum atomic E-state index is -0.333. The average molecular weight is 384 g/mol. The number of nitrogens with one attached hydrogen (secondary N) is 1. The van der Waals surface area contributed by atoms with Gasteiger partial charge in [0.15, 0.2) is 0 Å². The zero-order chi connectivity index (χ0) is 19.2. The predicted molar refractivity (Wildman–Crippen MR) is 111 cm³/mol. The van der Waals surface area contributed by atoms with E-state index in [1.165, 1.54) is 12.1 Å². The van der Waals surface area contributed by atoms with E-state index in [-0.39, 0.29) is 24.6 Å². The molecule has 0 spiro atoms. The maximum atomic E-state index is 13.4. The quantitative estimate of drug-likeness (QED) is 0.675. The first kappa shape index (κ1) is 20.1. The number of hydrogen-bond acceptors (Lipinski definition) is 2. The van der Waals surface area contributed by atoms with E-state index in [9.17, 15) is 9.18 Å². The average Bonchev–Trinajstić information content (AvgIpc) is 3.26. The Labute approximate surface area is 165 Å². The van der Waals surface area contributed by atoms with Crippen LogP contribution in [0.25, 0.3) is 22.0 Å². The summed E-state index contributed by atoms with van der Waals surface area (Å²) in [5.74, 6) is -0.0312.